The van der Waals surface area contributed by atoms with Gasteiger partial charge in [0, 0.05) is 22.2 Å². The Kier molecular flexibility index (Phi) is 5.05. The predicted octanol–water partition coefficient (Wildman–Crippen LogP) is 4.93. The summed E-state index contributed by atoms with van der Waals surface area (Å²) >= 11 is 3.65. The van der Waals surface area contributed by atoms with Gasteiger partial charge in [-0.25, -0.2) is 9.59 Å². The third-order valence-electron chi connectivity index (χ3n) is 6.99. The Balaban J connectivity index is 1.59. The normalized spacial score (nSPS) is 29.5. The molecule has 0 spiro atoms. The van der Waals surface area contributed by atoms with Crippen LogP contribution in [0.2, 0.25) is 0 Å². The first-order chi connectivity index (χ1) is 13.8. The molecule has 2 aliphatic rings. The smallest absolute Gasteiger partial charge is 0.373 e. The molecule has 2 fully saturated rings. The van der Waals surface area contributed by atoms with Gasteiger partial charge in [0.05, 0.1) is 12.3 Å². The highest BCUT2D eigenvalue weighted by atomic mass is 79.9. The monoisotopic (exact) mass is 461 g/mol. The highest BCUT2D eigenvalue weighted by molar-refractivity contribution is 9.09. The summed E-state index contributed by atoms with van der Waals surface area (Å²) in [6.07, 6.45) is 3.00. The summed E-state index contributed by atoms with van der Waals surface area (Å²) in [6.45, 7) is 6.83. The molecule has 1 aromatic carbocycles. The molecule has 1 heterocycles. The van der Waals surface area contributed by atoms with Crippen LogP contribution in [0.3, 0.4) is 0 Å². The number of carbonyl (C=O) groups excluding carboxylic acids is 1. The number of hydrogen-bond acceptors (Lipinski definition) is 6. The number of hydrogen-bond donors (Lipinski definition) is 0. The lowest BCUT2D eigenvalue weighted by atomic mass is 9.70. The second-order valence-corrected chi connectivity index (χ2v) is 8.88. The molecule has 0 amide bonds. The minimum absolute atomic E-state index is 0.0957. The van der Waals surface area contributed by atoms with Crippen molar-refractivity contribution in [3.63, 3.8) is 0 Å². The van der Waals surface area contributed by atoms with Crippen molar-refractivity contribution in [1.29, 1.82) is 0 Å². The fraction of sp³-hybridized carbons (Fsp3) is 0.500. The molecule has 154 valence electrons. The van der Waals surface area contributed by atoms with Gasteiger partial charge in [-0.2, -0.15) is 0 Å². The van der Waals surface area contributed by atoms with E-state index in [-0.39, 0.29) is 16.4 Å². The van der Waals surface area contributed by atoms with Crippen LogP contribution < -0.4 is 10.4 Å². The Morgan fingerprint density at radius 3 is 2.83 bits per heavy atom. The Labute approximate surface area is 177 Å². The summed E-state index contributed by atoms with van der Waals surface area (Å²) in [4.78, 5) is 30.1. The van der Waals surface area contributed by atoms with Gasteiger partial charge in [0.15, 0.2) is 0 Å². The molecular weight excluding hydrogens is 438 g/mol. The molecule has 3 atom stereocenters. The topological polar surface area (TPSA) is 78.1 Å². The van der Waals surface area contributed by atoms with Crippen LogP contribution >= 0.6 is 15.9 Å². The quantitative estimate of drug-likeness (QED) is 0.273. The largest absolute Gasteiger partial charge is 0.494 e. The van der Waals surface area contributed by atoms with Crippen LogP contribution in [0.5, 0.6) is 5.75 Å². The first-order valence-corrected chi connectivity index (χ1v) is 11.0. The molecule has 1 aromatic heterocycles. The van der Waals surface area contributed by atoms with Crippen LogP contribution in [-0.4, -0.2) is 23.6 Å². The summed E-state index contributed by atoms with van der Waals surface area (Å²) in [7, 11) is 0. The minimum Gasteiger partial charge on any atom is -0.494 e. The number of ether oxygens (including phenoxy) is 1. The second kappa shape index (κ2) is 7.27. The molecule has 0 radical (unpaired) electrons. The number of rotatable bonds is 5. The van der Waals surface area contributed by atoms with Crippen molar-refractivity contribution in [2.75, 3.05) is 11.9 Å². The number of nitrogens with zero attached hydrogens (tertiary/aromatic N) is 1. The van der Waals surface area contributed by atoms with E-state index in [0.717, 1.165) is 30.3 Å². The summed E-state index contributed by atoms with van der Waals surface area (Å²) in [6, 6.07) is 6.61. The maximum Gasteiger partial charge on any atom is 0.373 e. The average Bonchev–Trinajstić information content (AvgIpc) is 3.08. The van der Waals surface area contributed by atoms with Crippen LogP contribution in [0.1, 0.15) is 50.4 Å². The molecule has 2 bridgehead atoms. The fourth-order valence-electron chi connectivity index (χ4n) is 4.81. The van der Waals surface area contributed by atoms with Crippen molar-refractivity contribution in [2.24, 2.45) is 21.9 Å². The first kappa shape index (κ1) is 20.1. The molecule has 0 saturated heterocycles. The van der Waals surface area contributed by atoms with Gasteiger partial charge in [0.25, 0.3) is 0 Å². The van der Waals surface area contributed by atoms with Gasteiger partial charge in [-0.15, -0.1) is 0 Å². The highest BCUT2D eigenvalue weighted by Gasteiger charge is 2.62. The van der Waals surface area contributed by atoms with Gasteiger partial charge in [0.1, 0.15) is 16.9 Å². The van der Waals surface area contributed by atoms with Crippen molar-refractivity contribution in [3.05, 3.63) is 40.2 Å². The van der Waals surface area contributed by atoms with Gasteiger partial charge in [0.2, 0.25) is 0 Å². The number of halogens is 1. The molecule has 7 heteroatoms. The third-order valence-corrected chi connectivity index (χ3v) is 8.15. The zero-order chi connectivity index (χ0) is 20.8. The molecule has 6 nitrogen and oxygen atoms in total. The minimum atomic E-state index is -0.797. The lowest BCUT2D eigenvalue weighted by Gasteiger charge is -2.36. The number of fused-ring (bicyclic) bond motifs is 3. The van der Waals surface area contributed by atoms with E-state index in [1.807, 2.05) is 6.92 Å². The maximum absolute atomic E-state index is 12.6. The van der Waals surface area contributed by atoms with Crippen molar-refractivity contribution in [1.82, 2.24) is 0 Å². The van der Waals surface area contributed by atoms with E-state index in [0.29, 0.717) is 29.2 Å². The molecule has 2 aliphatic carbocycles. The van der Waals surface area contributed by atoms with Crippen molar-refractivity contribution in [3.8, 4) is 5.75 Å². The standard InChI is InChI=1S/C22H24BrNO5/c1-4-27-15-6-5-13-9-16(19(25)28-17(13)11-15)20(26)29-24-18-10-14-7-8-21(18,2)22(14,3)12-23/h5-6,9,11,14H,4,7-8,10,12H2,1-3H3/b24-18+. The molecular formula is C22H24BrNO5. The summed E-state index contributed by atoms with van der Waals surface area (Å²) in [5.41, 5.74) is 0.334. The SMILES string of the molecule is CCOc1ccc2cc(C(=O)O/N=C3\CC4CCC3(C)C4(C)CBr)c(=O)oc2c1. The van der Waals surface area contributed by atoms with Gasteiger partial charge in [-0.05, 0) is 55.7 Å². The summed E-state index contributed by atoms with van der Waals surface area (Å²) in [5, 5.41) is 5.70. The average molecular weight is 462 g/mol. The lowest BCUT2D eigenvalue weighted by molar-refractivity contribution is 0.0504. The van der Waals surface area contributed by atoms with Gasteiger partial charge in [-0.3, -0.25) is 0 Å². The van der Waals surface area contributed by atoms with Crippen LogP contribution in [0.4, 0.5) is 0 Å². The molecule has 0 N–H and O–H groups in total. The van der Waals surface area contributed by atoms with Crippen molar-refractivity contribution < 1.29 is 18.8 Å². The summed E-state index contributed by atoms with van der Waals surface area (Å²) < 4.78 is 10.7. The van der Waals surface area contributed by atoms with E-state index in [4.69, 9.17) is 14.0 Å². The van der Waals surface area contributed by atoms with Gasteiger partial charge in [-0.1, -0.05) is 34.9 Å². The van der Waals surface area contributed by atoms with E-state index in [1.165, 1.54) is 6.07 Å². The number of alkyl halides is 1. The zero-order valence-electron chi connectivity index (χ0n) is 16.8. The second-order valence-electron chi connectivity index (χ2n) is 8.32. The van der Waals surface area contributed by atoms with Crippen LogP contribution in [0, 0.1) is 16.7 Å². The fourth-order valence-corrected chi connectivity index (χ4v) is 5.88. The van der Waals surface area contributed by atoms with Crippen LogP contribution in [0.15, 0.2) is 38.6 Å². The zero-order valence-corrected chi connectivity index (χ0v) is 18.4. The van der Waals surface area contributed by atoms with Crippen LogP contribution in [-0.2, 0) is 4.84 Å². The predicted molar refractivity (Wildman–Crippen MR) is 114 cm³/mol. The lowest BCUT2D eigenvalue weighted by Crippen LogP contribution is -2.36. The van der Waals surface area contributed by atoms with E-state index in [2.05, 4.69) is 34.9 Å². The number of benzene rings is 1. The maximum atomic E-state index is 12.6. The Hall–Kier alpha value is -2.15. The van der Waals surface area contributed by atoms with Crippen LogP contribution in [0.25, 0.3) is 11.0 Å². The Bertz CT molecular complexity index is 1060. The van der Waals surface area contributed by atoms with Gasteiger partial charge < -0.3 is 14.0 Å². The summed E-state index contributed by atoms with van der Waals surface area (Å²) in [5.74, 6) is 0.327. The molecule has 2 aromatic rings. The molecule has 4 rings (SSSR count). The first-order valence-electron chi connectivity index (χ1n) is 9.88. The van der Waals surface area contributed by atoms with Crippen molar-refractivity contribution in [2.45, 2.75) is 40.0 Å². The van der Waals surface area contributed by atoms with E-state index in [1.54, 1.807) is 18.2 Å². The highest BCUT2D eigenvalue weighted by Crippen LogP contribution is 2.64. The Morgan fingerprint density at radius 1 is 1.34 bits per heavy atom. The van der Waals surface area contributed by atoms with E-state index >= 15 is 0 Å². The Morgan fingerprint density at radius 2 is 2.14 bits per heavy atom. The van der Waals surface area contributed by atoms with Gasteiger partial charge >= 0.3 is 11.6 Å². The third kappa shape index (κ3) is 3.10. The van der Waals surface area contributed by atoms with E-state index < -0.39 is 11.6 Å². The van der Waals surface area contributed by atoms with Crippen molar-refractivity contribution >= 4 is 38.6 Å². The molecule has 2 saturated carbocycles. The number of oxime groups is 1. The molecule has 0 aliphatic heterocycles. The number of carbonyl (C=O) groups is 1. The van der Waals surface area contributed by atoms with E-state index in [9.17, 15) is 9.59 Å². The molecule has 29 heavy (non-hydrogen) atoms. The molecule has 3 unspecified atom stereocenters.